The van der Waals surface area contributed by atoms with Gasteiger partial charge in [0.15, 0.2) is 5.78 Å². The maximum absolute atomic E-state index is 12.6. The Balaban J connectivity index is 1.52. The Morgan fingerprint density at radius 2 is 1.94 bits per heavy atom. The van der Waals surface area contributed by atoms with Gasteiger partial charge in [0.1, 0.15) is 11.2 Å². The van der Waals surface area contributed by atoms with Gasteiger partial charge >= 0.3 is 0 Å². The fraction of sp³-hybridized carbons (Fsp3) is 0.348. The first-order valence-corrected chi connectivity index (χ1v) is 11.1. The lowest BCUT2D eigenvalue weighted by Gasteiger charge is -2.35. The van der Waals surface area contributed by atoms with Gasteiger partial charge in [-0.25, -0.2) is 0 Å². The average Bonchev–Trinajstić information content (AvgIpc) is 2.75. The van der Waals surface area contributed by atoms with E-state index in [1.165, 1.54) is 6.92 Å². The predicted octanol–water partition coefficient (Wildman–Crippen LogP) is 3.17. The molecule has 8 heteroatoms. The van der Waals surface area contributed by atoms with Crippen molar-refractivity contribution < 1.29 is 19.1 Å². The Hall–Kier alpha value is -2.84. The van der Waals surface area contributed by atoms with Gasteiger partial charge in [-0.05, 0) is 43.7 Å². The van der Waals surface area contributed by atoms with Crippen LogP contribution in [0.3, 0.4) is 0 Å². The van der Waals surface area contributed by atoms with E-state index in [2.05, 4.69) is 16.0 Å². The van der Waals surface area contributed by atoms with Crippen LogP contribution in [0.4, 0.5) is 5.69 Å². The zero-order valence-electron chi connectivity index (χ0n) is 17.8. The molecule has 164 valence electrons. The Morgan fingerprint density at radius 1 is 1.16 bits per heavy atom. The topological polar surface area (TPSA) is 96.5 Å². The lowest BCUT2D eigenvalue weighted by atomic mass is 9.94. The largest absolute Gasteiger partial charge is 0.497 e. The molecule has 3 N–H and O–H groups in total. The normalized spacial score (nSPS) is 20.6. The first-order valence-electron chi connectivity index (χ1n) is 10.1. The smallest absolute Gasteiger partial charge is 0.227 e. The summed E-state index contributed by atoms with van der Waals surface area (Å²) < 4.78 is 5.24. The second-order valence-corrected chi connectivity index (χ2v) is 8.60. The SMILES string of the molecule is COc1cccc(CSC2NC(=O)C(CC(=O)Nc3cccc(C(C)=O)c3)C(C)N2)c1. The first-order chi connectivity index (χ1) is 14.9. The van der Waals surface area contributed by atoms with Crippen molar-refractivity contribution in [2.45, 2.75) is 37.6 Å². The van der Waals surface area contributed by atoms with Gasteiger partial charge in [-0.1, -0.05) is 24.3 Å². The minimum atomic E-state index is -0.482. The Morgan fingerprint density at radius 3 is 2.65 bits per heavy atom. The molecular weight excluding hydrogens is 414 g/mol. The monoisotopic (exact) mass is 441 g/mol. The third-order valence-electron chi connectivity index (χ3n) is 5.14. The van der Waals surface area contributed by atoms with E-state index in [9.17, 15) is 14.4 Å². The molecule has 3 rings (SSSR count). The van der Waals surface area contributed by atoms with E-state index < -0.39 is 5.92 Å². The Bertz CT molecular complexity index is 965. The van der Waals surface area contributed by atoms with E-state index in [1.54, 1.807) is 43.1 Å². The number of ether oxygens (including phenoxy) is 1. The maximum atomic E-state index is 12.6. The predicted molar refractivity (Wildman–Crippen MR) is 122 cm³/mol. The number of ketones is 1. The van der Waals surface area contributed by atoms with E-state index in [4.69, 9.17) is 4.74 Å². The van der Waals surface area contributed by atoms with Crippen molar-refractivity contribution in [3.05, 3.63) is 59.7 Å². The summed E-state index contributed by atoms with van der Waals surface area (Å²) in [5.74, 6) is 0.535. The minimum absolute atomic E-state index is 0.0531. The molecule has 2 aromatic rings. The Labute approximate surface area is 186 Å². The van der Waals surface area contributed by atoms with Crippen LogP contribution in [0.5, 0.6) is 5.75 Å². The standard InChI is InChI=1S/C23H27N3O4S/c1-14-20(12-21(28)25-18-8-5-7-17(11-18)15(2)27)22(29)26-23(24-14)31-13-16-6-4-9-19(10-16)30-3/h4-11,14,20,23-24H,12-13H2,1-3H3,(H,25,28)(H,26,29). The van der Waals surface area contributed by atoms with Crippen molar-refractivity contribution in [1.29, 1.82) is 0 Å². The molecule has 1 aliphatic rings. The molecule has 2 aromatic carbocycles. The number of hydrogen-bond donors (Lipinski definition) is 3. The molecule has 0 saturated carbocycles. The highest BCUT2D eigenvalue weighted by atomic mass is 32.2. The summed E-state index contributed by atoms with van der Waals surface area (Å²) in [7, 11) is 1.63. The molecule has 3 atom stereocenters. The number of carbonyl (C=O) groups excluding carboxylic acids is 3. The van der Waals surface area contributed by atoms with Crippen LogP contribution >= 0.6 is 11.8 Å². The van der Waals surface area contributed by atoms with Crippen molar-refractivity contribution in [1.82, 2.24) is 10.6 Å². The first kappa shape index (κ1) is 22.8. The van der Waals surface area contributed by atoms with Gasteiger partial charge in [0.25, 0.3) is 0 Å². The summed E-state index contributed by atoms with van der Waals surface area (Å²) in [4.78, 5) is 36.6. The van der Waals surface area contributed by atoms with E-state index in [-0.39, 0.29) is 35.6 Å². The van der Waals surface area contributed by atoms with Crippen molar-refractivity contribution >= 4 is 35.0 Å². The average molecular weight is 442 g/mol. The number of anilines is 1. The number of benzene rings is 2. The second-order valence-electron chi connectivity index (χ2n) is 7.50. The number of Topliss-reactive ketones (excluding diaryl/α,β-unsaturated/α-hetero) is 1. The van der Waals surface area contributed by atoms with E-state index in [0.717, 1.165) is 11.3 Å². The van der Waals surface area contributed by atoms with E-state index in [1.807, 2.05) is 31.2 Å². The zero-order chi connectivity index (χ0) is 22.4. The van der Waals surface area contributed by atoms with Crippen molar-refractivity contribution in [3.8, 4) is 5.75 Å². The third kappa shape index (κ3) is 6.32. The van der Waals surface area contributed by atoms with Crippen molar-refractivity contribution in [2.75, 3.05) is 12.4 Å². The van der Waals surface area contributed by atoms with Gasteiger partial charge < -0.3 is 15.4 Å². The van der Waals surface area contributed by atoms with E-state index in [0.29, 0.717) is 17.0 Å². The van der Waals surface area contributed by atoms with Crippen LogP contribution in [0.1, 0.15) is 36.2 Å². The van der Waals surface area contributed by atoms with E-state index >= 15 is 0 Å². The molecule has 7 nitrogen and oxygen atoms in total. The molecule has 1 saturated heterocycles. The van der Waals surface area contributed by atoms with Crippen molar-refractivity contribution in [3.63, 3.8) is 0 Å². The highest BCUT2D eigenvalue weighted by Crippen LogP contribution is 2.24. The van der Waals surface area contributed by atoms with Crippen LogP contribution in [0.15, 0.2) is 48.5 Å². The Kier molecular flexibility index (Phi) is 7.70. The molecule has 0 aromatic heterocycles. The van der Waals surface area contributed by atoms with Crippen LogP contribution < -0.4 is 20.7 Å². The van der Waals surface area contributed by atoms with Crippen LogP contribution in [-0.2, 0) is 15.3 Å². The molecule has 1 aliphatic heterocycles. The fourth-order valence-corrected chi connectivity index (χ4v) is 4.44. The maximum Gasteiger partial charge on any atom is 0.227 e. The number of methoxy groups -OCH3 is 1. The summed E-state index contributed by atoms with van der Waals surface area (Å²) in [5.41, 5.74) is 1.93. The quantitative estimate of drug-likeness (QED) is 0.545. The van der Waals surface area contributed by atoms with Crippen LogP contribution in [-0.4, -0.2) is 36.2 Å². The molecule has 1 fully saturated rings. The molecule has 0 radical (unpaired) electrons. The molecule has 0 aliphatic carbocycles. The molecule has 2 amide bonds. The number of carbonyl (C=O) groups is 3. The molecule has 3 unspecified atom stereocenters. The number of amides is 2. The van der Waals surface area contributed by atoms with Gasteiger partial charge in [0.05, 0.1) is 13.0 Å². The molecular formula is C23H27N3O4S. The highest BCUT2D eigenvalue weighted by Gasteiger charge is 2.35. The lowest BCUT2D eigenvalue weighted by Crippen LogP contribution is -2.59. The summed E-state index contributed by atoms with van der Waals surface area (Å²) in [5, 5.41) is 9.09. The summed E-state index contributed by atoms with van der Waals surface area (Å²) in [6.07, 6.45) is 0.0531. The fourth-order valence-electron chi connectivity index (χ4n) is 3.39. The summed E-state index contributed by atoms with van der Waals surface area (Å²) in [6.45, 7) is 3.38. The number of nitrogens with one attached hydrogen (secondary N) is 3. The minimum Gasteiger partial charge on any atom is -0.497 e. The van der Waals surface area contributed by atoms with Crippen LogP contribution in [0.2, 0.25) is 0 Å². The van der Waals surface area contributed by atoms with Crippen molar-refractivity contribution in [2.24, 2.45) is 5.92 Å². The van der Waals surface area contributed by atoms with Gasteiger partial charge in [-0.3, -0.25) is 19.7 Å². The number of thioether (sulfide) groups is 1. The van der Waals surface area contributed by atoms with Gasteiger partial charge in [-0.2, -0.15) is 0 Å². The van der Waals surface area contributed by atoms with Crippen LogP contribution in [0.25, 0.3) is 0 Å². The van der Waals surface area contributed by atoms with Gasteiger partial charge in [0, 0.05) is 29.5 Å². The lowest BCUT2D eigenvalue weighted by molar-refractivity contribution is -0.131. The summed E-state index contributed by atoms with van der Waals surface area (Å²) in [6, 6.07) is 14.4. The summed E-state index contributed by atoms with van der Waals surface area (Å²) >= 11 is 1.57. The highest BCUT2D eigenvalue weighted by molar-refractivity contribution is 7.99. The van der Waals surface area contributed by atoms with Crippen LogP contribution in [0, 0.1) is 5.92 Å². The third-order valence-corrected chi connectivity index (χ3v) is 6.22. The second kappa shape index (κ2) is 10.5. The van der Waals surface area contributed by atoms with Gasteiger partial charge in [-0.15, -0.1) is 11.8 Å². The molecule has 0 bridgehead atoms. The molecule has 31 heavy (non-hydrogen) atoms. The zero-order valence-corrected chi connectivity index (χ0v) is 18.6. The number of hydrogen-bond acceptors (Lipinski definition) is 6. The molecule has 1 heterocycles. The number of rotatable bonds is 8. The molecule has 0 spiro atoms. The van der Waals surface area contributed by atoms with Gasteiger partial charge in [0.2, 0.25) is 11.8 Å².